The van der Waals surface area contributed by atoms with Gasteiger partial charge in [-0.05, 0) is 30.3 Å². The van der Waals surface area contributed by atoms with E-state index in [2.05, 4.69) is 15.0 Å². The average Bonchev–Trinajstić information content (AvgIpc) is 3.00. The van der Waals surface area contributed by atoms with Crippen LogP contribution in [0.3, 0.4) is 0 Å². The molecular weight excluding hydrogens is 370 g/mol. The monoisotopic (exact) mass is 387 g/mol. The smallest absolute Gasteiger partial charge is 0.337 e. The van der Waals surface area contributed by atoms with Gasteiger partial charge in [-0.3, -0.25) is 4.79 Å². The molecule has 0 spiro atoms. The molecule has 0 unspecified atom stereocenters. The summed E-state index contributed by atoms with van der Waals surface area (Å²) in [5.74, 6) is -0.976. The molecule has 0 radical (unpaired) electrons. The van der Waals surface area contributed by atoms with E-state index in [0.717, 1.165) is 6.26 Å². The first-order valence-electron chi connectivity index (χ1n) is 7.93. The molecule has 140 valence electrons. The number of imidazole rings is 1. The third kappa shape index (κ3) is 3.98. The lowest BCUT2D eigenvalue weighted by Crippen LogP contribution is -2.21. The minimum absolute atomic E-state index is 0.179. The van der Waals surface area contributed by atoms with Gasteiger partial charge < -0.3 is 14.6 Å². The number of para-hydroxylation sites is 2. The molecule has 0 atom stereocenters. The van der Waals surface area contributed by atoms with E-state index in [1.807, 2.05) is 0 Å². The van der Waals surface area contributed by atoms with Gasteiger partial charge in [0, 0.05) is 11.9 Å². The number of methoxy groups -OCH3 is 1. The van der Waals surface area contributed by atoms with Gasteiger partial charge in [0.15, 0.2) is 0 Å². The first-order valence-corrected chi connectivity index (χ1v) is 9.82. The van der Waals surface area contributed by atoms with Crippen LogP contribution >= 0.6 is 0 Å². The minimum Gasteiger partial charge on any atom is -0.465 e. The highest BCUT2D eigenvalue weighted by Crippen LogP contribution is 2.20. The molecule has 3 aromatic rings. The summed E-state index contributed by atoms with van der Waals surface area (Å²) in [5, 5.41) is 2.47. The number of hydrogen-bond acceptors (Lipinski definition) is 6. The van der Waals surface area contributed by atoms with Gasteiger partial charge in [-0.15, -0.1) is 0 Å². The van der Waals surface area contributed by atoms with Crippen LogP contribution in [0.5, 0.6) is 0 Å². The third-order valence-corrected chi connectivity index (χ3v) is 4.80. The summed E-state index contributed by atoms with van der Waals surface area (Å²) in [6.07, 6.45) is 1.04. The third-order valence-electron chi connectivity index (χ3n) is 3.82. The molecule has 0 aliphatic carbocycles. The predicted molar refractivity (Wildman–Crippen MR) is 99.3 cm³/mol. The second kappa shape index (κ2) is 7.20. The van der Waals surface area contributed by atoms with Gasteiger partial charge in [-0.2, -0.15) is 0 Å². The summed E-state index contributed by atoms with van der Waals surface area (Å²) in [4.78, 5) is 28.2. The fourth-order valence-electron chi connectivity index (χ4n) is 2.68. The molecule has 0 aliphatic rings. The van der Waals surface area contributed by atoms with Crippen LogP contribution in [0.2, 0.25) is 0 Å². The standard InChI is InChI=1S/C18H17N3O5S/c1-26-17(23)12-6-5-7-13(10-12)19-16(22)11-21-15-9-4-3-8-14(15)20-18(21)27(2,24)25/h3-10H,11H2,1-2H3,(H,19,22). The molecule has 2 aromatic carbocycles. The number of nitrogens with zero attached hydrogens (tertiary/aromatic N) is 2. The van der Waals surface area contributed by atoms with E-state index in [0.29, 0.717) is 22.3 Å². The lowest BCUT2D eigenvalue weighted by atomic mass is 10.2. The molecule has 0 bridgehead atoms. The average molecular weight is 387 g/mol. The van der Waals surface area contributed by atoms with E-state index < -0.39 is 21.7 Å². The van der Waals surface area contributed by atoms with Crippen molar-refractivity contribution in [2.45, 2.75) is 11.7 Å². The van der Waals surface area contributed by atoms with Crippen LogP contribution < -0.4 is 5.32 Å². The first kappa shape index (κ1) is 18.6. The van der Waals surface area contributed by atoms with Crippen LogP contribution in [0, 0.1) is 0 Å². The highest BCUT2D eigenvalue weighted by molar-refractivity contribution is 7.90. The molecule has 0 saturated heterocycles. The van der Waals surface area contributed by atoms with E-state index in [1.54, 1.807) is 42.5 Å². The van der Waals surface area contributed by atoms with Crippen molar-refractivity contribution in [1.29, 1.82) is 0 Å². The SMILES string of the molecule is COC(=O)c1cccc(NC(=O)Cn2c(S(C)(=O)=O)nc3ccccc32)c1. The van der Waals surface area contributed by atoms with Crippen LogP contribution in [0.25, 0.3) is 11.0 Å². The van der Waals surface area contributed by atoms with Crippen molar-refractivity contribution in [2.75, 3.05) is 18.7 Å². The molecule has 1 heterocycles. The van der Waals surface area contributed by atoms with Crippen molar-refractivity contribution < 1.29 is 22.7 Å². The number of sulfone groups is 1. The van der Waals surface area contributed by atoms with E-state index in [9.17, 15) is 18.0 Å². The topological polar surface area (TPSA) is 107 Å². The van der Waals surface area contributed by atoms with Gasteiger partial charge in [0.05, 0.1) is 23.7 Å². The molecule has 1 N–H and O–H groups in total. The molecule has 0 aliphatic heterocycles. The van der Waals surface area contributed by atoms with Crippen molar-refractivity contribution >= 4 is 38.4 Å². The predicted octanol–water partition coefficient (Wildman–Crippen LogP) is 1.87. The minimum atomic E-state index is -3.62. The largest absolute Gasteiger partial charge is 0.465 e. The number of ether oxygens (including phenoxy) is 1. The zero-order valence-corrected chi connectivity index (χ0v) is 15.5. The molecule has 1 amide bonds. The molecule has 8 nitrogen and oxygen atoms in total. The Bertz CT molecular complexity index is 1130. The highest BCUT2D eigenvalue weighted by Gasteiger charge is 2.21. The lowest BCUT2D eigenvalue weighted by Gasteiger charge is -2.10. The zero-order valence-electron chi connectivity index (χ0n) is 14.7. The number of hydrogen-bond donors (Lipinski definition) is 1. The van der Waals surface area contributed by atoms with Crippen LogP contribution in [0.4, 0.5) is 5.69 Å². The normalized spacial score (nSPS) is 11.3. The van der Waals surface area contributed by atoms with Crippen molar-refractivity contribution in [2.24, 2.45) is 0 Å². The Morgan fingerprint density at radius 3 is 2.59 bits per heavy atom. The Labute approximate surface area is 155 Å². The molecule has 0 fully saturated rings. The number of carbonyl (C=O) groups excluding carboxylic acids is 2. The Hall–Kier alpha value is -3.20. The maximum Gasteiger partial charge on any atom is 0.337 e. The fraction of sp³-hybridized carbons (Fsp3) is 0.167. The molecule has 3 rings (SSSR count). The summed E-state index contributed by atoms with van der Waals surface area (Å²) in [6, 6.07) is 13.1. The second-order valence-corrected chi connectivity index (χ2v) is 7.77. The van der Waals surface area contributed by atoms with Gasteiger partial charge in [0.2, 0.25) is 20.9 Å². The van der Waals surface area contributed by atoms with Crippen molar-refractivity contribution in [3.05, 3.63) is 54.1 Å². The van der Waals surface area contributed by atoms with Gasteiger partial charge >= 0.3 is 5.97 Å². The lowest BCUT2D eigenvalue weighted by molar-refractivity contribution is -0.116. The van der Waals surface area contributed by atoms with Crippen LogP contribution in [-0.2, 0) is 25.9 Å². The summed E-state index contributed by atoms with van der Waals surface area (Å²) in [5.41, 5.74) is 1.71. The number of carbonyl (C=O) groups is 2. The van der Waals surface area contributed by atoms with Crippen LogP contribution in [0.1, 0.15) is 10.4 Å². The second-order valence-electron chi connectivity index (χ2n) is 5.86. The van der Waals surface area contributed by atoms with Crippen molar-refractivity contribution in [3.8, 4) is 0 Å². The summed E-state index contributed by atoms with van der Waals surface area (Å²) >= 11 is 0. The van der Waals surface area contributed by atoms with Crippen LogP contribution in [0.15, 0.2) is 53.7 Å². The number of aromatic nitrogens is 2. The molecule has 9 heteroatoms. The van der Waals surface area contributed by atoms with E-state index in [1.165, 1.54) is 17.7 Å². The Morgan fingerprint density at radius 1 is 1.15 bits per heavy atom. The molecule has 1 aromatic heterocycles. The van der Waals surface area contributed by atoms with Gasteiger partial charge in [0.25, 0.3) is 0 Å². The molecule has 27 heavy (non-hydrogen) atoms. The highest BCUT2D eigenvalue weighted by atomic mass is 32.2. The summed E-state index contributed by atoms with van der Waals surface area (Å²) in [6.45, 7) is -0.245. The molecular formula is C18H17N3O5S. The number of amides is 1. The number of fused-ring (bicyclic) bond motifs is 1. The fourth-order valence-corrected chi connectivity index (χ4v) is 3.50. The Morgan fingerprint density at radius 2 is 1.89 bits per heavy atom. The van der Waals surface area contributed by atoms with Gasteiger partial charge in [0.1, 0.15) is 6.54 Å². The quantitative estimate of drug-likeness (QED) is 0.670. The Balaban J connectivity index is 1.90. The number of benzene rings is 2. The first-order chi connectivity index (χ1) is 12.8. The van der Waals surface area contributed by atoms with Gasteiger partial charge in [-0.25, -0.2) is 18.2 Å². The number of rotatable bonds is 5. The zero-order chi connectivity index (χ0) is 19.6. The van der Waals surface area contributed by atoms with Crippen LogP contribution in [-0.4, -0.2) is 43.2 Å². The van der Waals surface area contributed by atoms with Gasteiger partial charge in [-0.1, -0.05) is 18.2 Å². The Kier molecular flexibility index (Phi) is 4.95. The number of nitrogens with one attached hydrogen (secondary N) is 1. The van der Waals surface area contributed by atoms with E-state index in [-0.39, 0.29) is 11.7 Å². The summed E-state index contributed by atoms with van der Waals surface area (Å²) < 4.78 is 30.1. The maximum atomic E-state index is 12.5. The number of esters is 1. The number of anilines is 1. The summed E-state index contributed by atoms with van der Waals surface area (Å²) in [7, 11) is -2.36. The van der Waals surface area contributed by atoms with E-state index in [4.69, 9.17) is 0 Å². The van der Waals surface area contributed by atoms with Crippen molar-refractivity contribution in [3.63, 3.8) is 0 Å². The van der Waals surface area contributed by atoms with Crippen molar-refractivity contribution in [1.82, 2.24) is 9.55 Å². The van der Waals surface area contributed by atoms with E-state index >= 15 is 0 Å². The maximum absolute atomic E-state index is 12.5. The molecule has 0 saturated carbocycles.